The maximum atomic E-state index is 13.7. The Balaban J connectivity index is 1.89. The Labute approximate surface area is 130 Å². The summed E-state index contributed by atoms with van der Waals surface area (Å²) in [6.45, 7) is 0.0287. The van der Waals surface area contributed by atoms with Crippen LogP contribution in [0.15, 0.2) is 47.3 Å². The van der Waals surface area contributed by atoms with Gasteiger partial charge in [-0.3, -0.25) is 0 Å². The summed E-state index contributed by atoms with van der Waals surface area (Å²) in [5, 5.41) is 16.6. The number of phenols is 1. The van der Waals surface area contributed by atoms with Crippen LogP contribution in [-0.2, 0) is 13.7 Å². The number of aryl methyl sites for hydroxylation is 1. The molecule has 0 saturated carbocycles. The second kappa shape index (κ2) is 5.91. The molecule has 0 bridgehead atoms. The monoisotopic (exact) mass is 316 g/mol. The van der Waals surface area contributed by atoms with E-state index >= 15 is 0 Å². The van der Waals surface area contributed by atoms with Gasteiger partial charge in [-0.2, -0.15) is 9.36 Å². The number of tetrazole rings is 1. The summed E-state index contributed by atoms with van der Waals surface area (Å²) in [5.74, 6) is -0.843. The number of aromatic hydroxyl groups is 1. The molecule has 118 valence electrons. The largest absolute Gasteiger partial charge is 0.508 e. The fourth-order valence-corrected chi connectivity index (χ4v) is 2.07. The van der Waals surface area contributed by atoms with Gasteiger partial charge in [0.1, 0.15) is 12.4 Å². The van der Waals surface area contributed by atoms with Crippen molar-refractivity contribution in [3.05, 3.63) is 64.3 Å². The first-order chi connectivity index (χ1) is 11.1. The van der Waals surface area contributed by atoms with Crippen LogP contribution in [-0.4, -0.2) is 24.9 Å². The summed E-state index contributed by atoms with van der Waals surface area (Å²) >= 11 is 0. The van der Waals surface area contributed by atoms with Crippen LogP contribution >= 0.6 is 0 Å². The Hall–Kier alpha value is -3.16. The molecule has 0 unspecified atom stereocenters. The minimum Gasteiger partial charge on any atom is -0.508 e. The standard InChI is InChI=1S/C15H13FN4O3/c1-19-15(22)20(18-17-19)13-5-3-2-4-10(13)9-23-14-7-6-11(21)8-12(14)16/h2-8,21H,9H2,1H3. The number of phenolic OH excluding ortho intramolecular Hbond substituents is 1. The van der Waals surface area contributed by atoms with Gasteiger partial charge < -0.3 is 9.84 Å². The number of ether oxygens (including phenoxy) is 1. The number of para-hydroxylation sites is 1. The van der Waals surface area contributed by atoms with Crippen molar-refractivity contribution in [2.75, 3.05) is 0 Å². The third-order valence-corrected chi connectivity index (χ3v) is 3.24. The molecule has 1 aromatic heterocycles. The Kier molecular flexibility index (Phi) is 3.80. The summed E-state index contributed by atoms with van der Waals surface area (Å²) in [7, 11) is 1.50. The summed E-state index contributed by atoms with van der Waals surface area (Å²) in [6.07, 6.45) is 0. The maximum Gasteiger partial charge on any atom is 0.368 e. The van der Waals surface area contributed by atoms with E-state index in [0.29, 0.717) is 11.3 Å². The quantitative estimate of drug-likeness (QED) is 0.786. The smallest absolute Gasteiger partial charge is 0.368 e. The molecule has 0 aliphatic carbocycles. The number of benzene rings is 2. The maximum absolute atomic E-state index is 13.7. The Morgan fingerprint density at radius 1 is 1.22 bits per heavy atom. The molecule has 0 spiro atoms. The molecule has 2 aromatic carbocycles. The summed E-state index contributed by atoms with van der Waals surface area (Å²) < 4.78 is 21.4. The van der Waals surface area contributed by atoms with Crippen LogP contribution in [0.1, 0.15) is 5.56 Å². The second-order valence-electron chi connectivity index (χ2n) is 4.83. The average Bonchev–Trinajstić information content (AvgIpc) is 2.86. The molecule has 0 atom stereocenters. The topological polar surface area (TPSA) is 82.2 Å². The Morgan fingerprint density at radius 3 is 2.70 bits per heavy atom. The fourth-order valence-electron chi connectivity index (χ4n) is 2.07. The van der Waals surface area contributed by atoms with Gasteiger partial charge in [0.15, 0.2) is 11.6 Å². The molecule has 0 saturated heterocycles. The van der Waals surface area contributed by atoms with Gasteiger partial charge in [-0.05, 0) is 28.6 Å². The third-order valence-electron chi connectivity index (χ3n) is 3.24. The molecule has 23 heavy (non-hydrogen) atoms. The van der Waals surface area contributed by atoms with Crippen LogP contribution in [0, 0.1) is 5.82 Å². The van der Waals surface area contributed by atoms with Gasteiger partial charge in [-0.15, -0.1) is 0 Å². The summed E-state index contributed by atoms with van der Waals surface area (Å²) in [5.41, 5.74) is 0.751. The van der Waals surface area contributed by atoms with E-state index in [1.165, 1.54) is 19.2 Å². The van der Waals surface area contributed by atoms with E-state index < -0.39 is 11.5 Å². The van der Waals surface area contributed by atoms with Gasteiger partial charge in [0.2, 0.25) is 0 Å². The van der Waals surface area contributed by atoms with Crippen molar-refractivity contribution in [3.8, 4) is 17.2 Å². The number of nitrogens with zero attached hydrogens (tertiary/aromatic N) is 4. The zero-order valence-electron chi connectivity index (χ0n) is 12.2. The van der Waals surface area contributed by atoms with E-state index in [1.807, 2.05) is 0 Å². The van der Waals surface area contributed by atoms with Gasteiger partial charge in [0, 0.05) is 18.7 Å². The molecule has 0 fully saturated rings. The van der Waals surface area contributed by atoms with Crippen molar-refractivity contribution in [2.45, 2.75) is 6.61 Å². The second-order valence-corrected chi connectivity index (χ2v) is 4.83. The SMILES string of the molecule is Cn1nnn(-c2ccccc2COc2ccc(O)cc2F)c1=O. The normalized spacial score (nSPS) is 10.7. The van der Waals surface area contributed by atoms with E-state index in [2.05, 4.69) is 10.4 Å². The highest BCUT2D eigenvalue weighted by Gasteiger charge is 2.12. The zero-order valence-corrected chi connectivity index (χ0v) is 12.2. The predicted molar refractivity (Wildman–Crippen MR) is 79.0 cm³/mol. The van der Waals surface area contributed by atoms with Crippen LogP contribution in [0.3, 0.4) is 0 Å². The molecular weight excluding hydrogens is 303 g/mol. The molecule has 3 rings (SSSR count). The fraction of sp³-hybridized carbons (Fsp3) is 0.133. The molecule has 0 aliphatic rings. The van der Waals surface area contributed by atoms with Crippen LogP contribution < -0.4 is 10.4 Å². The van der Waals surface area contributed by atoms with Crippen molar-refractivity contribution >= 4 is 0 Å². The molecule has 0 radical (unpaired) electrons. The first-order valence-electron chi connectivity index (χ1n) is 6.75. The Morgan fingerprint density at radius 2 is 2.00 bits per heavy atom. The van der Waals surface area contributed by atoms with E-state index in [0.717, 1.165) is 15.4 Å². The lowest BCUT2D eigenvalue weighted by atomic mass is 10.2. The van der Waals surface area contributed by atoms with Gasteiger partial charge >= 0.3 is 5.69 Å². The highest BCUT2D eigenvalue weighted by molar-refractivity contribution is 5.40. The summed E-state index contributed by atoms with van der Waals surface area (Å²) in [4.78, 5) is 12.0. The van der Waals surface area contributed by atoms with Crippen molar-refractivity contribution in [1.29, 1.82) is 0 Å². The Bertz CT molecular complexity index is 904. The van der Waals surface area contributed by atoms with Crippen molar-refractivity contribution in [1.82, 2.24) is 19.8 Å². The highest BCUT2D eigenvalue weighted by Crippen LogP contribution is 2.23. The van der Waals surface area contributed by atoms with E-state index in [9.17, 15) is 14.3 Å². The molecular formula is C15H13FN4O3. The molecule has 0 amide bonds. The predicted octanol–water partition coefficient (Wildman–Crippen LogP) is 1.39. The minimum absolute atomic E-state index is 0.00379. The number of aromatic nitrogens is 4. The summed E-state index contributed by atoms with van der Waals surface area (Å²) in [6, 6.07) is 10.6. The van der Waals surface area contributed by atoms with Crippen LogP contribution in [0.2, 0.25) is 0 Å². The zero-order chi connectivity index (χ0) is 16.4. The molecule has 0 aliphatic heterocycles. The van der Waals surface area contributed by atoms with E-state index in [4.69, 9.17) is 4.74 Å². The lowest BCUT2D eigenvalue weighted by Gasteiger charge is -2.10. The highest BCUT2D eigenvalue weighted by atomic mass is 19.1. The van der Waals surface area contributed by atoms with Gasteiger partial charge in [0.05, 0.1) is 5.69 Å². The number of rotatable bonds is 4. The molecule has 1 heterocycles. The van der Waals surface area contributed by atoms with Gasteiger partial charge in [0.25, 0.3) is 0 Å². The van der Waals surface area contributed by atoms with E-state index in [1.54, 1.807) is 24.3 Å². The van der Waals surface area contributed by atoms with Crippen LogP contribution in [0.25, 0.3) is 5.69 Å². The van der Waals surface area contributed by atoms with Crippen molar-refractivity contribution in [2.24, 2.45) is 7.05 Å². The average molecular weight is 316 g/mol. The lowest BCUT2D eigenvalue weighted by molar-refractivity contribution is 0.288. The number of halogens is 1. The number of hydrogen-bond acceptors (Lipinski definition) is 5. The van der Waals surface area contributed by atoms with E-state index in [-0.39, 0.29) is 18.1 Å². The lowest BCUT2D eigenvalue weighted by Crippen LogP contribution is -2.23. The van der Waals surface area contributed by atoms with Crippen LogP contribution in [0.4, 0.5) is 4.39 Å². The molecule has 3 aromatic rings. The van der Waals surface area contributed by atoms with Gasteiger partial charge in [-0.1, -0.05) is 18.2 Å². The molecule has 8 heteroatoms. The van der Waals surface area contributed by atoms with Crippen LogP contribution in [0.5, 0.6) is 11.5 Å². The number of hydrogen-bond donors (Lipinski definition) is 1. The third kappa shape index (κ3) is 2.91. The molecule has 7 nitrogen and oxygen atoms in total. The van der Waals surface area contributed by atoms with Crippen molar-refractivity contribution in [3.63, 3.8) is 0 Å². The minimum atomic E-state index is -0.667. The van der Waals surface area contributed by atoms with Gasteiger partial charge in [-0.25, -0.2) is 9.18 Å². The molecule has 1 N–H and O–H groups in total. The first kappa shape index (κ1) is 14.8. The van der Waals surface area contributed by atoms with Crippen molar-refractivity contribution < 1.29 is 14.2 Å². The first-order valence-corrected chi connectivity index (χ1v) is 6.75.